The van der Waals surface area contributed by atoms with E-state index in [9.17, 15) is 13.2 Å². The van der Waals surface area contributed by atoms with Crippen LogP contribution in [0.3, 0.4) is 0 Å². The van der Waals surface area contributed by atoms with E-state index >= 15 is 0 Å². The van der Waals surface area contributed by atoms with Crippen molar-refractivity contribution in [1.82, 2.24) is 9.55 Å². The maximum atomic E-state index is 13.0. The lowest BCUT2D eigenvalue weighted by atomic mass is 9.79. The lowest BCUT2D eigenvalue weighted by Crippen LogP contribution is -2.31. The van der Waals surface area contributed by atoms with Crippen LogP contribution in [0.4, 0.5) is 13.2 Å². The summed E-state index contributed by atoms with van der Waals surface area (Å²) in [5.41, 5.74) is -0.694. The van der Waals surface area contributed by atoms with Gasteiger partial charge in [0.25, 0.3) is 0 Å². The minimum Gasteiger partial charge on any atom is -0.423 e. The van der Waals surface area contributed by atoms with E-state index in [1.54, 1.807) is 6.92 Å². The third-order valence-corrected chi connectivity index (χ3v) is 2.61. The van der Waals surface area contributed by atoms with Crippen LogP contribution in [0.1, 0.15) is 11.3 Å². The molecule has 8 heteroatoms. The van der Waals surface area contributed by atoms with Crippen LogP contribution in [0, 0.1) is 6.92 Å². The minimum absolute atomic E-state index is 0.113. The zero-order chi connectivity index (χ0) is 14.2. The molecule has 0 radical (unpaired) electrons. The summed E-state index contributed by atoms with van der Waals surface area (Å²) >= 11 is 0. The number of aryl methyl sites for hydroxylation is 1. The number of nitrogens with zero attached hydrogens (tertiary/aromatic N) is 2. The number of halogens is 3. The van der Waals surface area contributed by atoms with Crippen molar-refractivity contribution >= 4 is 12.6 Å². The first-order valence-electron chi connectivity index (χ1n) is 5.37. The van der Waals surface area contributed by atoms with E-state index < -0.39 is 18.9 Å². The molecule has 1 heterocycles. The topological polar surface area (TPSA) is 58.3 Å². The molecule has 0 aliphatic rings. The summed E-state index contributed by atoms with van der Waals surface area (Å²) in [6, 6.07) is 3.12. The second kappa shape index (κ2) is 4.71. The second-order valence-electron chi connectivity index (χ2n) is 4.07. The highest BCUT2D eigenvalue weighted by Gasteiger charge is 2.35. The van der Waals surface area contributed by atoms with Gasteiger partial charge >= 0.3 is 13.3 Å². The van der Waals surface area contributed by atoms with Gasteiger partial charge in [-0.25, -0.2) is 4.98 Å². The number of benzene rings is 1. The smallest absolute Gasteiger partial charge is 0.423 e. The summed E-state index contributed by atoms with van der Waals surface area (Å²) in [5, 5.41) is 17.9. The molecule has 0 atom stereocenters. The Hall–Kier alpha value is -1.80. The molecule has 0 fully saturated rings. The van der Waals surface area contributed by atoms with Crippen molar-refractivity contribution in [3.05, 3.63) is 42.0 Å². The van der Waals surface area contributed by atoms with Gasteiger partial charge in [0, 0.05) is 6.20 Å². The number of alkyl halides is 3. The van der Waals surface area contributed by atoms with Crippen LogP contribution in [0.25, 0.3) is 5.69 Å². The molecule has 2 aromatic rings. The number of hydrogen-bond acceptors (Lipinski definition) is 3. The fraction of sp³-hybridized carbons (Fsp3) is 0.182. The van der Waals surface area contributed by atoms with E-state index in [-0.39, 0.29) is 11.2 Å². The number of rotatable bonds is 2. The third-order valence-electron chi connectivity index (χ3n) is 2.61. The van der Waals surface area contributed by atoms with Gasteiger partial charge in [-0.2, -0.15) is 13.2 Å². The lowest BCUT2D eigenvalue weighted by molar-refractivity contribution is -0.137. The van der Waals surface area contributed by atoms with Crippen molar-refractivity contribution in [3.63, 3.8) is 0 Å². The van der Waals surface area contributed by atoms with Crippen LogP contribution in [-0.2, 0) is 6.18 Å². The summed E-state index contributed by atoms with van der Waals surface area (Å²) < 4.78 is 40.2. The van der Waals surface area contributed by atoms with Crippen LogP contribution in [0.5, 0.6) is 0 Å². The molecule has 1 aromatic heterocycles. The average molecular weight is 270 g/mol. The van der Waals surface area contributed by atoms with Crippen molar-refractivity contribution in [3.8, 4) is 5.69 Å². The van der Waals surface area contributed by atoms with Gasteiger partial charge in [-0.15, -0.1) is 0 Å². The molecule has 4 nitrogen and oxygen atoms in total. The van der Waals surface area contributed by atoms with Gasteiger partial charge in [-0.3, -0.25) is 0 Å². The Balaban J connectivity index is 2.61. The molecule has 2 N–H and O–H groups in total. The van der Waals surface area contributed by atoms with Gasteiger partial charge in [0.15, 0.2) is 0 Å². The first-order valence-corrected chi connectivity index (χ1v) is 5.37. The molecular weight excluding hydrogens is 260 g/mol. The molecule has 2 rings (SSSR count). The molecule has 1 aromatic carbocycles. The number of hydrogen-bond donors (Lipinski definition) is 2. The molecule has 19 heavy (non-hydrogen) atoms. The van der Waals surface area contributed by atoms with Crippen LogP contribution < -0.4 is 5.46 Å². The third kappa shape index (κ3) is 2.79. The Bertz CT molecular complexity index is 596. The summed E-state index contributed by atoms with van der Waals surface area (Å²) in [6.45, 7) is 1.66. The largest absolute Gasteiger partial charge is 0.488 e. The van der Waals surface area contributed by atoms with Crippen molar-refractivity contribution in [1.29, 1.82) is 0 Å². The summed E-state index contributed by atoms with van der Waals surface area (Å²) in [7, 11) is -1.94. The predicted molar refractivity (Wildman–Crippen MR) is 63.1 cm³/mol. The van der Waals surface area contributed by atoms with E-state index in [0.29, 0.717) is 5.69 Å². The standard InChI is InChI=1S/C11H10BF3N2O2/c1-7-5-17(6-16-7)10-3-2-8(12(18)19)4-9(10)11(13,14)15/h2-6,18-19H,1H3. The molecule has 0 unspecified atom stereocenters. The van der Waals surface area contributed by atoms with Crippen molar-refractivity contribution in [2.24, 2.45) is 0 Å². The van der Waals surface area contributed by atoms with Crippen LogP contribution >= 0.6 is 0 Å². The SMILES string of the molecule is Cc1cn(-c2ccc(B(O)O)cc2C(F)(F)F)cn1. The highest BCUT2D eigenvalue weighted by Crippen LogP contribution is 2.33. The number of aromatic nitrogens is 2. The molecule has 0 amide bonds. The molecular formula is C11H10BF3N2O2. The predicted octanol–water partition coefficient (Wildman–Crippen LogP) is 0.879. The van der Waals surface area contributed by atoms with Gasteiger partial charge in [0.1, 0.15) is 0 Å². The van der Waals surface area contributed by atoms with Crippen LogP contribution in [-0.4, -0.2) is 26.7 Å². The second-order valence-corrected chi connectivity index (χ2v) is 4.07. The van der Waals surface area contributed by atoms with Crippen molar-refractivity contribution in [2.45, 2.75) is 13.1 Å². The van der Waals surface area contributed by atoms with E-state index in [4.69, 9.17) is 10.0 Å². The average Bonchev–Trinajstić information content (AvgIpc) is 2.73. The van der Waals surface area contributed by atoms with Gasteiger partial charge in [0.2, 0.25) is 0 Å². The van der Waals surface area contributed by atoms with Gasteiger partial charge < -0.3 is 14.6 Å². The van der Waals surface area contributed by atoms with E-state index in [0.717, 1.165) is 6.07 Å². The zero-order valence-corrected chi connectivity index (χ0v) is 9.89. The first-order chi connectivity index (χ1) is 8.79. The van der Waals surface area contributed by atoms with Crippen LogP contribution in [0.2, 0.25) is 0 Å². The first kappa shape index (κ1) is 13.6. The quantitative estimate of drug-likeness (QED) is 0.796. The molecule has 0 saturated heterocycles. The Morgan fingerprint density at radius 3 is 2.42 bits per heavy atom. The Morgan fingerprint density at radius 2 is 1.95 bits per heavy atom. The summed E-state index contributed by atoms with van der Waals surface area (Å²) in [5.74, 6) is 0. The monoisotopic (exact) mass is 270 g/mol. The normalized spacial score (nSPS) is 11.7. The Labute approximate surface area is 107 Å². The highest BCUT2D eigenvalue weighted by molar-refractivity contribution is 6.58. The molecule has 100 valence electrons. The molecule has 0 bridgehead atoms. The fourth-order valence-corrected chi connectivity index (χ4v) is 1.72. The number of imidazole rings is 1. The fourth-order valence-electron chi connectivity index (χ4n) is 1.72. The maximum absolute atomic E-state index is 13.0. The molecule has 0 spiro atoms. The minimum atomic E-state index is -4.60. The molecule has 0 aliphatic heterocycles. The Kier molecular flexibility index (Phi) is 3.38. The molecule has 0 aliphatic carbocycles. The van der Waals surface area contributed by atoms with Gasteiger partial charge in [0.05, 0.1) is 23.3 Å². The van der Waals surface area contributed by atoms with Crippen molar-refractivity contribution < 1.29 is 23.2 Å². The van der Waals surface area contributed by atoms with E-state index in [1.165, 1.54) is 29.2 Å². The summed E-state index contributed by atoms with van der Waals surface area (Å²) in [6.07, 6.45) is -1.87. The highest BCUT2D eigenvalue weighted by atomic mass is 19.4. The van der Waals surface area contributed by atoms with Crippen molar-refractivity contribution in [2.75, 3.05) is 0 Å². The van der Waals surface area contributed by atoms with E-state index in [1.807, 2.05) is 0 Å². The van der Waals surface area contributed by atoms with Gasteiger partial charge in [-0.1, -0.05) is 6.07 Å². The summed E-state index contributed by atoms with van der Waals surface area (Å²) in [4.78, 5) is 3.87. The van der Waals surface area contributed by atoms with E-state index in [2.05, 4.69) is 4.98 Å². The Morgan fingerprint density at radius 1 is 1.26 bits per heavy atom. The lowest BCUT2D eigenvalue weighted by Gasteiger charge is -2.14. The van der Waals surface area contributed by atoms with Gasteiger partial charge in [-0.05, 0) is 24.5 Å². The van der Waals surface area contributed by atoms with Crippen LogP contribution in [0.15, 0.2) is 30.7 Å². The zero-order valence-electron chi connectivity index (χ0n) is 9.89. The maximum Gasteiger partial charge on any atom is 0.488 e. The molecule has 0 saturated carbocycles.